The maximum Gasteiger partial charge on any atom is 0.258 e. The molecule has 106 valence electrons. The van der Waals surface area contributed by atoms with Crippen LogP contribution in [0.1, 0.15) is 6.92 Å². The summed E-state index contributed by atoms with van der Waals surface area (Å²) in [6.45, 7) is 2.07. The minimum atomic E-state index is -0.284. The molecule has 0 radical (unpaired) electrons. The van der Waals surface area contributed by atoms with Crippen molar-refractivity contribution >= 4 is 34.8 Å². The highest BCUT2D eigenvalue weighted by Gasteiger charge is 2.12. The molecule has 0 bridgehead atoms. The molecule has 5 nitrogen and oxygen atoms in total. The summed E-state index contributed by atoms with van der Waals surface area (Å²) in [6.07, 6.45) is 0. The molecule has 1 atom stereocenters. The van der Waals surface area contributed by atoms with Gasteiger partial charge in [0.1, 0.15) is 0 Å². The van der Waals surface area contributed by atoms with Crippen LogP contribution in [-0.2, 0) is 9.53 Å². The average Bonchev–Trinajstić information content (AvgIpc) is 2.27. The molecule has 3 N–H and O–H groups in total. The van der Waals surface area contributed by atoms with Crippen molar-refractivity contribution in [3.63, 3.8) is 0 Å². The highest BCUT2D eigenvalue weighted by Crippen LogP contribution is 2.34. The van der Waals surface area contributed by atoms with E-state index in [1.807, 2.05) is 6.92 Å². The zero-order valence-corrected chi connectivity index (χ0v) is 12.2. The average molecular weight is 307 g/mol. The van der Waals surface area contributed by atoms with Crippen molar-refractivity contribution in [3.8, 4) is 5.75 Å². The van der Waals surface area contributed by atoms with Crippen molar-refractivity contribution in [2.24, 2.45) is 0 Å². The molecule has 0 saturated heterocycles. The third-order valence-electron chi connectivity index (χ3n) is 2.19. The van der Waals surface area contributed by atoms with E-state index in [4.69, 9.17) is 38.4 Å². The van der Waals surface area contributed by atoms with Gasteiger partial charge in [-0.25, -0.2) is 0 Å². The lowest BCUT2D eigenvalue weighted by Crippen LogP contribution is -2.38. The Morgan fingerprint density at radius 3 is 2.53 bits per heavy atom. The van der Waals surface area contributed by atoms with Crippen LogP contribution in [0.3, 0.4) is 0 Å². The fourth-order valence-electron chi connectivity index (χ4n) is 1.46. The molecule has 1 aromatic carbocycles. The van der Waals surface area contributed by atoms with Crippen LogP contribution in [0.25, 0.3) is 0 Å². The van der Waals surface area contributed by atoms with Crippen molar-refractivity contribution in [2.75, 3.05) is 26.1 Å². The molecule has 0 saturated carbocycles. The number of hydrogen-bond acceptors (Lipinski definition) is 4. The number of methoxy groups -OCH3 is 1. The van der Waals surface area contributed by atoms with E-state index in [-0.39, 0.29) is 34.4 Å². The lowest BCUT2D eigenvalue weighted by molar-refractivity contribution is -0.124. The second-order valence-electron chi connectivity index (χ2n) is 4.03. The van der Waals surface area contributed by atoms with E-state index in [9.17, 15) is 4.79 Å². The number of amides is 1. The molecule has 1 aromatic rings. The van der Waals surface area contributed by atoms with Gasteiger partial charge in [0.2, 0.25) is 0 Å². The molecular formula is C12H16Cl2N2O3. The predicted molar refractivity (Wildman–Crippen MR) is 75.9 cm³/mol. The van der Waals surface area contributed by atoms with Crippen LogP contribution in [0.15, 0.2) is 12.1 Å². The van der Waals surface area contributed by atoms with Gasteiger partial charge in [-0.05, 0) is 19.1 Å². The van der Waals surface area contributed by atoms with Crippen LogP contribution in [0, 0.1) is 0 Å². The predicted octanol–water partition coefficient (Wildman–Crippen LogP) is 2.11. The molecule has 0 aromatic heterocycles. The highest BCUT2D eigenvalue weighted by molar-refractivity contribution is 6.37. The Balaban J connectivity index is 2.55. The molecule has 0 spiro atoms. The van der Waals surface area contributed by atoms with Crippen molar-refractivity contribution in [3.05, 3.63) is 22.2 Å². The summed E-state index contributed by atoms with van der Waals surface area (Å²) in [4.78, 5) is 11.6. The summed E-state index contributed by atoms with van der Waals surface area (Å²) in [5.74, 6) is -0.0411. The van der Waals surface area contributed by atoms with E-state index in [2.05, 4.69) is 5.32 Å². The molecule has 0 heterocycles. The lowest BCUT2D eigenvalue weighted by atomic mass is 10.3. The first-order valence-electron chi connectivity index (χ1n) is 5.59. The third kappa shape index (κ3) is 5.14. The van der Waals surface area contributed by atoms with E-state index in [0.717, 1.165) is 0 Å². The maximum absolute atomic E-state index is 11.6. The SMILES string of the molecule is COCC(C)NC(=O)COc1c(Cl)cc(N)cc1Cl. The Morgan fingerprint density at radius 1 is 1.42 bits per heavy atom. The number of rotatable bonds is 6. The Bertz CT molecular complexity index is 432. The first-order valence-corrected chi connectivity index (χ1v) is 6.35. The zero-order chi connectivity index (χ0) is 14.4. The Hall–Kier alpha value is -1.17. The Labute approximate surface area is 122 Å². The lowest BCUT2D eigenvalue weighted by Gasteiger charge is -2.14. The van der Waals surface area contributed by atoms with Gasteiger partial charge >= 0.3 is 0 Å². The van der Waals surface area contributed by atoms with Crippen molar-refractivity contribution in [1.29, 1.82) is 0 Å². The molecule has 1 rings (SSSR count). The molecule has 0 aliphatic rings. The number of carbonyl (C=O) groups is 1. The fraction of sp³-hybridized carbons (Fsp3) is 0.417. The van der Waals surface area contributed by atoms with E-state index in [0.29, 0.717) is 12.3 Å². The van der Waals surface area contributed by atoms with E-state index >= 15 is 0 Å². The zero-order valence-electron chi connectivity index (χ0n) is 10.7. The minimum absolute atomic E-state index is 0.0986. The van der Waals surface area contributed by atoms with Crippen LogP contribution in [0.2, 0.25) is 10.0 Å². The van der Waals surface area contributed by atoms with Crippen LogP contribution < -0.4 is 15.8 Å². The minimum Gasteiger partial charge on any atom is -0.481 e. The van der Waals surface area contributed by atoms with Crippen LogP contribution >= 0.6 is 23.2 Å². The van der Waals surface area contributed by atoms with Gasteiger partial charge in [0.15, 0.2) is 12.4 Å². The monoisotopic (exact) mass is 306 g/mol. The number of halogens is 2. The van der Waals surface area contributed by atoms with Gasteiger partial charge in [-0.1, -0.05) is 23.2 Å². The third-order valence-corrected chi connectivity index (χ3v) is 2.75. The fourth-order valence-corrected chi connectivity index (χ4v) is 2.08. The summed E-state index contributed by atoms with van der Waals surface area (Å²) < 4.78 is 10.2. The van der Waals surface area contributed by atoms with Gasteiger partial charge in [-0.15, -0.1) is 0 Å². The molecule has 0 aliphatic carbocycles. The Kier molecular flexibility index (Phi) is 6.21. The number of anilines is 1. The van der Waals surface area contributed by atoms with E-state index in [1.54, 1.807) is 7.11 Å². The highest BCUT2D eigenvalue weighted by atomic mass is 35.5. The topological polar surface area (TPSA) is 73.6 Å². The molecular weight excluding hydrogens is 291 g/mol. The standard InChI is InChI=1S/C12H16Cl2N2O3/c1-7(5-18-2)16-11(17)6-19-12-9(13)3-8(15)4-10(12)14/h3-4,7H,5-6,15H2,1-2H3,(H,16,17). The maximum atomic E-state index is 11.6. The van der Waals surface area contributed by atoms with Gasteiger partial charge in [-0.3, -0.25) is 4.79 Å². The van der Waals surface area contributed by atoms with Crippen molar-refractivity contribution in [2.45, 2.75) is 13.0 Å². The number of nitrogen functional groups attached to an aromatic ring is 1. The van der Waals surface area contributed by atoms with Crippen LogP contribution in [0.4, 0.5) is 5.69 Å². The van der Waals surface area contributed by atoms with Crippen molar-refractivity contribution < 1.29 is 14.3 Å². The smallest absolute Gasteiger partial charge is 0.258 e. The first kappa shape index (κ1) is 15.9. The Morgan fingerprint density at radius 2 is 2.00 bits per heavy atom. The number of carbonyl (C=O) groups excluding carboxylic acids is 1. The number of benzene rings is 1. The molecule has 7 heteroatoms. The molecule has 19 heavy (non-hydrogen) atoms. The van der Waals surface area contributed by atoms with Crippen LogP contribution in [0.5, 0.6) is 5.75 Å². The second-order valence-corrected chi connectivity index (χ2v) is 4.84. The van der Waals surface area contributed by atoms with Gasteiger partial charge in [0.25, 0.3) is 5.91 Å². The summed E-state index contributed by atoms with van der Waals surface area (Å²) >= 11 is 11.9. The van der Waals surface area contributed by atoms with Crippen LogP contribution in [-0.4, -0.2) is 32.3 Å². The summed E-state index contributed by atoms with van der Waals surface area (Å²) in [5, 5.41) is 3.23. The van der Waals surface area contributed by atoms with Crippen molar-refractivity contribution in [1.82, 2.24) is 5.32 Å². The number of nitrogens with one attached hydrogen (secondary N) is 1. The van der Waals surface area contributed by atoms with Gasteiger partial charge < -0.3 is 20.5 Å². The van der Waals surface area contributed by atoms with Gasteiger partial charge in [0, 0.05) is 18.8 Å². The molecule has 1 unspecified atom stereocenters. The number of ether oxygens (including phenoxy) is 2. The van der Waals surface area contributed by atoms with E-state index in [1.165, 1.54) is 12.1 Å². The first-order chi connectivity index (χ1) is 8.93. The molecule has 1 amide bonds. The second kappa shape index (κ2) is 7.43. The quantitative estimate of drug-likeness (QED) is 0.789. The molecule has 0 fully saturated rings. The number of nitrogens with two attached hydrogens (primary N) is 1. The van der Waals surface area contributed by atoms with Gasteiger partial charge in [-0.2, -0.15) is 0 Å². The number of hydrogen-bond donors (Lipinski definition) is 2. The normalized spacial score (nSPS) is 12.0. The summed E-state index contributed by atoms with van der Waals surface area (Å²) in [6, 6.07) is 2.92. The van der Waals surface area contributed by atoms with Gasteiger partial charge in [0.05, 0.1) is 16.7 Å². The summed E-state index contributed by atoms with van der Waals surface area (Å²) in [5.41, 5.74) is 6.00. The van der Waals surface area contributed by atoms with E-state index < -0.39 is 0 Å². The summed E-state index contributed by atoms with van der Waals surface area (Å²) in [7, 11) is 1.56. The largest absolute Gasteiger partial charge is 0.481 e. The molecule has 0 aliphatic heterocycles.